The van der Waals surface area contributed by atoms with Crippen molar-refractivity contribution < 1.29 is 47.6 Å². The zero-order valence-electron chi connectivity index (χ0n) is 27.0. The van der Waals surface area contributed by atoms with E-state index in [1.165, 1.54) is 12.4 Å². The number of aromatic carboxylic acids is 1. The molecule has 0 aliphatic heterocycles. The first-order valence-electron chi connectivity index (χ1n) is 15.2. The number of nitrogens with zero attached hydrogens (tertiary/aromatic N) is 6. The van der Waals surface area contributed by atoms with Crippen molar-refractivity contribution >= 4 is 39.1 Å². The van der Waals surface area contributed by atoms with Crippen molar-refractivity contribution in [3.63, 3.8) is 0 Å². The third-order valence-corrected chi connectivity index (χ3v) is 7.36. The average Bonchev–Trinajstić information content (AvgIpc) is 3.46. The van der Waals surface area contributed by atoms with Crippen molar-refractivity contribution in [3.8, 4) is 22.5 Å². The van der Waals surface area contributed by atoms with Gasteiger partial charge in [0, 0.05) is 67.0 Å². The van der Waals surface area contributed by atoms with Gasteiger partial charge in [-0.3, -0.25) is 13.6 Å². The molecule has 0 bridgehead atoms. The van der Waals surface area contributed by atoms with Crippen LogP contribution in [0.15, 0.2) is 97.5 Å². The Bertz CT molecular complexity index is 2420. The maximum atomic E-state index is 13.7. The predicted molar refractivity (Wildman–Crippen MR) is 184 cm³/mol. The smallest absolute Gasteiger partial charge is 0.354 e. The average molecular weight is 877 g/mol. The minimum atomic E-state index is -0.991. The fourth-order valence-corrected chi connectivity index (χ4v) is 5.09. The molecule has 0 unspecified atom stereocenters. The summed E-state index contributed by atoms with van der Waals surface area (Å²) in [6.07, 6.45) is 5.69. The zero-order valence-corrected chi connectivity index (χ0v) is 29.4. The van der Waals surface area contributed by atoms with E-state index in [4.69, 9.17) is 18.3 Å². The van der Waals surface area contributed by atoms with Gasteiger partial charge in [0.1, 0.15) is 23.9 Å². The number of carbonyl (C=O) groups is 1. The Kier molecular flexibility index (Phi) is 13.0. The molecule has 0 atom stereocenters. The van der Waals surface area contributed by atoms with Crippen LogP contribution in [0.25, 0.3) is 54.0 Å². The van der Waals surface area contributed by atoms with Crippen LogP contribution in [0.1, 0.15) is 23.8 Å². The number of aromatic nitrogens is 4. The SMILES string of the molecule is CCCn1c2ccccc2c2cc(C(=O)O)ncc21.[C-]#[N+]c1c(F)[c-]c(-c2ccccn2)cc1F.[C-]#[N+]c1c(F)c[c-]c(-c2ccccn2)c1F.[Ir]. The maximum absolute atomic E-state index is 13.7. The summed E-state index contributed by atoms with van der Waals surface area (Å²) in [7, 11) is 0. The molecule has 7 rings (SSSR count). The Hall–Kier alpha value is -6.27. The third-order valence-electron chi connectivity index (χ3n) is 7.36. The first-order valence-corrected chi connectivity index (χ1v) is 15.2. The number of aryl methyl sites for hydroxylation is 1. The van der Waals surface area contributed by atoms with E-state index in [9.17, 15) is 22.4 Å². The van der Waals surface area contributed by atoms with E-state index in [1.54, 1.807) is 48.7 Å². The number of carboxylic acid groups (broad SMARTS) is 1. The maximum Gasteiger partial charge on any atom is 0.354 e. The number of para-hydroxylation sites is 1. The minimum absolute atomic E-state index is 0. The second-order valence-electron chi connectivity index (χ2n) is 10.6. The third kappa shape index (κ3) is 8.36. The quantitative estimate of drug-likeness (QED) is 0.137. The molecule has 3 aromatic carbocycles. The van der Waals surface area contributed by atoms with E-state index in [0.29, 0.717) is 11.4 Å². The summed E-state index contributed by atoms with van der Waals surface area (Å²) >= 11 is 0. The normalized spacial score (nSPS) is 10.1. The Labute approximate surface area is 309 Å². The summed E-state index contributed by atoms with van der Waals surface area (Å²) in [6, 6.07) is 26.4. The summed E-state index contributed by atoms with van der Waals surface area (Å²) in [4.78, 5) is 28.5. The predicted octanol–water partition coefficient (Wildman–Crippen LogP) is 10.1. The van der Waals surface area contributed by atoms with Gasteiger partial charge in [-0.25, -0.2) is 18.6 Å². The second-order valence-corrected chi connectivity index (χ2v) is 10.6. The first-order chi connectivity index (χ1) is 24.7. The van der Waals surface area contributed by atoms with Crippen LogP contribution >= 0.6 is 0 Å². The van der Waals surface area contributed by atoms with Gasteiger partial charge >= 0.3 is 11.7 Å². The second kappa shape index (κ2) is 17.6. The standard InChI is InChI=1S/C15H14N2O2.2C12H5F2N2.Ir/c1-2-7-17-13-6-4-3-5-10(13)11-8-12(15(18)19)16-9-14(11)17;1-15-12-9(13)6-5-8(11(12)14)10-4-2-3-7-16-10;1-15-12-9(13)6-8(7-10(12)14)11-4-2-3-5-16-11;/h3-6,8-9H,2,7H2,1H3,(H,18,19);2-4,6-7H;2-6H;/q;2*-1;. The molecule has 261 valence electrons. The van der Waals surface area contributed by atoms with Gasteiger partial charge in [0.25, 0.3) is 0 Å². The number of pyridine rings is 3. The number of halogens is 4. The molecule has 7 aromatic rings. The van der Waals surface area contributed by atoms with E-state index in [-0.39, 0.29) is 36.9 Å². The van der Waals surface area contributed by atoms with Crippen LogP contribution in [0.3, 0.4) is 0 Å². The van der Waals surface area contributed by atoms with Gasteiger partial charge in [-0.2, -0.15) is 4.85 Å². The van der Waals surface area contributed by atoms with E-state index < -0.39 is 40.6 Å². The monoisotopic (exact) mass is 877 g/mol. The summed E-state index contributed by atoms with van der Waals surface area (Å²) < 4.78 is 55.5. The van der Waals surface area contributed by atoms with Crippen molar-refractivity contribution in [1.29, 1.82) is 0 Å². The van der Waals surface area contributed by atoms with Crippen molar-refractivity contribution in [2.75, 3.05) is 0 Å². The zero-order chi connectivity index (χ0) is 36.5. The summed E-state index contributed by atoms with van der Waals surface area (Å²) in [6.45, 7) is 16.3. The van der Waals surface area contributed by atoms with Crippen molar-refractivity contribution in [2.24, 2.45) is 0 Å². The van der Waals surface area contributed by atoms with Crippen LogP contribution in [0.4, 0.5) is 28.9 Å². The van der Waals surface area contributed by atoms with Gasteiger partial charge in [0.15, 0.2) is 5.69 Å². The van der Waals surface area contributed by atoms with Crippen LogP contribution in [0.2, 0.25) is 0 Å². The Balaban J connectivity index is 0.000000174. The molecule has 0 saturated carbocycles. The van der Waals surface area contributed by atoms with Crippen molar-refractivity contribution in [1.82, 2.24) is 19.5 Å². The number of fused-ring (bicyclic) bond motifs is 3. The van der Waals surface area contributed by atoms with Gasteiger partial charge in [0.2, 0.25) is 0 Å². The topological polar surface area (TPSA) is 89.6 Å². The van der Waals surface area contributed by atoms with Gasteiger partial charge in [-0.05, 0) is 42.1 Å². The molecule has 52 heavy (non-hydrogen) atoms. The molecule has 0 aliphatic carbocycles. The van der Waals surface area contributed by atoms with Gasteiger partial charge in [0.05, 0.1) is 18.3 Å². The van der Waals surface area contributed by atoms with Crippen molar-refractivity contribution in [3.05, 3.63) is 161 Å². The van der Waals surface area contributed by atoms with E-state index in [2.05, 4.69) is 54.3 Å². The number of hydrogen-bond acceptors (Lipinski definition) is 4. The van der Waals surface area contributed by atoms with Crippen molar-refractivity contribution in [2.45, 2.75) is 19.9 Å². The molecule has 1 radical (unpaired) electrons. The number of carboxylic acids is 1. The minimum Gasteiger partial charge on any atom is -0.477 e. The summed E-state index contributed by atoms with van der Waals surface area (Å²) in [5, 5.41) is 11.1. The first kappa shape index (κ1) is 38.5. The molecule has 4 aromatic heterocycles. The molecule has 0 amide bonds. The molecule has 0 saturated heterocycles. The number of rotatable bonds is 5. The van der Waals surface area contributed by atoms with Crippen LogP contribution in [0.5, 0.6) is 0 Å². The molecule has 0 fully saturated rings. The molecular weight excluding hydrogens is 853 g/mol. The van der Waals surface area contributed by atoms with Gasteiger partial charge < -0.3 is 19.6 Å². The largest absolute Gasteiger partial charge is 0.477 e. The molecule has 4 heterocycles. The van der Waals surface area contributed by atoms with Crippen LogP contribution < -0.4 is 0 Å². The van der Waals surface area contributed by atoms with Gasteiger partial charge in [-0.1, -0.05) is 61.5 Å². The molecule has 1 N–H and O–H groups in total. The Morgan fingerprint density at radius 2 is 1.48 bits per heavy atom. The Morgan fingerprint density at radius 1 is 0.827 bits per heavy atom. The summed E-state index contributed by atoms with van der Waals surface area (Å²) in [5.74, 6) is -4.71. The summed E-state index contributed by atoms with van der Waals surface area (Å²) in [5.41, 5.74) is 1.89. The molecule has 0 spiro atoms. The van der Waals surface area contributed by atoms with Gasteiger partial charge in [-0.15, -0.1) is 23.3 Å². The fourth-order valence-electron chi connectivity index (χ4n) is 5.09. The molecule has 13 heteroatoms. The van der Waals surface area contributed by atoms with E-state index in [1.807, 2.05) is 18.2 Å². The van der Waals surface area contributed by atoms with E-state index in [0.717, 1.165) is 46.9 Å². The molecular formula is C39H24F4IrN6O2-2. The van der Waals surface area contributed by atoms with Crippen LogP contribution in [-0.2, 0) is 26.7 Å². The molecule has 8 nitrogen and oxygen atoms in total. The van der Waals surface area contributed by atoms with Crippen LogP contribution in [-0.4, -0.2) is 30.6 Å². The Morgan fingerprint density at radius 3 is 2.08 bits per heavy atom. The van der Waals surface area contributed by atoms with Crippen LogP contribution in [0, 0.1) is 48.5 Å². The molecule has 0 aliphatic rings. The van der Waals surface area contributed by atoms with E-state index >= 15 is 0 Å². The number of hydrogen-bond donors (Lipinski definition) is 1. The fraction of sp³-hybridized carbons (Fsp3) is 0.0769. The number of benzene rings is 3.